The van der Waals surface area contributed by atoms with E-state index >= 15 is 0 Å². The van der Waals surface area contributed by atoms with Crippen molar-refractivity contribution in [2.75, 3.05) is 24.5 Å². The van der Waals surface area contributed by atoms with Gasteiger partial charge in [-0.2, -0.15) is 28.4 Å². The van der Waals surface area contributed by atoms with Crippen molar-refractivity contribution in [1.29, 1.82) is 0 Å². The molecule has 1 saturated carbocycles. The van der Waals surface area contributed by atoms with Gasteiger partial charge >= 0.3 is 12.3 Å². The van der Waals surface area contributed by atoms with Crippen LogP contribution in [0, 0.1) is 17.8 Å². The summed E-state index contributed by atoms with van der Waals surface area (Å²) in [7, 11) is 0. The van der Waals surface area contributed by atoms with Gasteiger partial charge in [0.05, 0.1) is 35.9 Å². The first-order valence-corrected chi connectivity index (χ1v) is 18.5. The molecule has 4 aliphatic heterocycles. The van der Waals surface area contributed by atoms with Crippen LogP contribution in [-0.4, -0.2) is 102 Å². The highest BCUT2D eigenvalue weighted by atomic mass is 19.4. The Kier molecular flexibility index (Phi) is 9.73. The molecule has 0 radical (unpaired) electrons. The van der Waals surface area contributed by atoms with Crippen molar-refractivity contribution in [1.82, 2.24) is 44.9 Å². The number of carbonyl (C=O) groups is 3. The molecule has 3 amide bonds. The number of fused-ring (bicyclic) bond motifs is 3. The van der Waals surface area contributed by atoms with Crippen LogP contribution < -0.4 is 15.5 Å². The molecule has 54 heavy (non-hydrogen) atoms. The van der Waals surface area contributed by atoms with E-state index < -0.39 is 72.4 Å². The minimum Gasteiger partial charge on any atom is -0.444 e. The summed E-state index contributed by atoms with van der Waals surface area (Å²) in [5, 5.41) is 14.3. The third-order valence-electron chi connectivity index (χ3n) is 10.9. The Morgan fingerprint density at radius 2 is 1.80 bits per heavy atom. The normalized spacial score (nSPS) is 25.2. The maximum atomic E-state index is 14.3. The molecule has 0 spiro atoms. The van der Waals surface area contributed by atoms with Crippen LogP contribution >= 0.6 is 0 Å². The van der Waals surface area contributed by atoms with Gasteiger partial charge in [0, 0.05) is 57.6 Å². The van der Waals surface area contributed by atoms with E-state index in [1.165, 1.54) is 15.4 Å². The zero-order valence-electron chi connectivity index (χ0n) is 30.6. The number of nitrogens with zero attached hydrogens (tertiary/aromatic N) is 8. The van der Waals surface area contributed by atoms with Crippen LogP contribution in [0.5, 0.6) is 0 Å². The van der Waals surface area contributed by atoms with Crippen molar-refractivity contribution < 1.29 is 41.1 Å². The lowest BCUT2D eigenvalue weighted by Gasteiger charge is -2.56. The number of aromatic nitrogens is 6. The second-order valence-corrected chi connectivity index (χ2v) is 15.9. The van der Waals surface area contributed by atoms with Crippen LogP contribution in [0.15, 0.2) is 18.5 Å². The molecule has 8 rings (SSSR count). The molecular formula is C35H45F5N10O4. The van der Waals surface area contributed by atoms with Gasteiger partial charge in [0.2, 0.25) is 11.8 Å². The number of imidazole rings is 1. The van der Waals surface area contributed by atoms with Crippen molar-refractivity contribution in [3.63, 3.8) is 0 Å². The quantitative estimate of drug-likeness (QED) is 0.312. The fraction of sp³-hybridized carbons (Fsp3) is 0.686. The van der Waals surface area contributed by atoms with E-state index in [2.05, 4.69) is 15.7 Å². The van der Waals surface area contributed by atoms with E-state index in [0.717, 1.165) is 6.42 Å². The molecule has 2 bridgehead atoms. The minimum absolute atomic E-state index is 0.118. The summed E-state index contributed by atoms with van der Waals surface area (Å²) in [6.07, 6.45) is -2.19. The lowest BCUT2D eigenvalue weighted by atomic mass is 9.81. The topological polar surface area (TPSA) is 152 Å². The SMILES string of the molecule is CCn1nccc1C(=O)N[C@H](c1cn2nc(C[C@H]3C[C@@H](C(F)(F)F)CNC3=O)c(N3CC4CC(C3)N4C(=O)OC(C)(C)C)nc2n1)C1CCC(F)(F)CC1. The Bertz CT molecular complexity index is 1890. The van der Waals surface area contributed by atoms with E-state index in [0.29, 0.717) is 36.8 Å². The molecule has 5 atom stereocenters. The molecule has 4 saturated heterocycles. The Morgan fingerprint density at radius 3 is 2.44 bits per heavy atom. The number of aryl methyl sites for hydroxylation is 1. The van der Waals surface area contributed by atoms with Crippen LogP contribution in [0.3, 0.4) is 0 Å². The van der Waals surface area contributed by atoms with Crippen molar-refractivity contribution >= 4 is 29.5 Å². The summed E-state index contributed by atoms with van der Waals surface area (Å²) in [5.41, 5.74) is 0.198. The van der Waals surface area contributed by atoms with Gasteiger partial charge < -0.3 is 20.3 Å². The average molecular weight is 765 g/mol. The minimum atomic E-state index is -4.50. The van der Waals surface area contributed by atoms with Gasteiger partial charge in [0.1, 0.15) is 17.0 Å². The van der Waals surface area contributed by atoms with Crippen LogP contribution in [0.25, 0.3) is 5.78 Å². The number of nitrogens with one attached hydrogen (secondary N) is 2. The number of rotatable bonds is 8. The first-order valence-electron chi connectivity index (χ1n) is 18.5. The summed E-state index contributed by atoms with van der Waals surface area (Å²) in [6.45, 7) is 7.79. The van der Waals surface area contributed by atoms with E-state index in [-0.39, 0.29) is 55.7 Å². The van der Waals surface area contributed by atoms with E-state index in [4.69, 9.17) is 19.8 Å². The molecule has 7 heterocycles. The third kappa shape index (κ3) is 7.67. The number of piperidine rings is 2. The van der Waals surface area contributed by atoms with Crippen LogP contribution in [-0.2, 0) is 22.5 Å². The van der Waals surface area contributed by atoms with Gasteiger partial charge in [-0.1, -0.05) is 0 Å². The lowest BCUT2D eigenvalue weighted by molar-refractivity contribution is -0.183. The first-order chi connectivity index (χ1) is 25.4. The molecule has 19 heteroatoms. The molecule has 1 aliphatic carbocycles. The Morgan fingerprint density at radius 1 is 1.09 bits per heavy atom. The second-order valence-electron chi connectivity index (χ2n) is 15.9. The highest BCUT2D eigenvalue weighted by molar-refractivity contribution is 5.92. The van der Waals surface area contributed by atoms with Gasteiger partial charge in [-0.25, -0.2) is 23.1 Å². The molecule has 294 valence electrons. The smallest absolute Gasteiger partial charge is 0.410 e. The van der Waals surface area contributed by atoms with Gasteiger partial charge in [0.25, 0.3) is 11.7 Å². The molecule has 5 aliphatic rings. The standard InChI is InChI=1S/C35H45F5N10O4/c1-5-48-26(8-11-42-48)30(52)44-27(19-6-9-34(36,37)10-7-19)25-18-49-31(43-25)45-28(24(46-49)13-20-12-21(35(38,39)40)15-41-29(20)51)47-16-22-14-23(17-47)50(22)32(53)54-33(2,3)4/h8,11,18-23,27H,5-7,9-10,12-17H2,1-4H3,(H,41,51)(H,44,52)/t20-,21-,22?,23?,27+/m1/s1. The predicted molar refractivity (Wildman–Crippen MR) is 183 cm³/mol. The number of ether oxygens (including phenoxy) is 1. The van der Waals surface area contributed by atoms with Gasteiger partial charge in [-0.15, -0.1) is 0 Å². The lowest BCUT2D eigenvalue weighted by Crippen LogP contribution is -2.70. The molecular weight excluding hydrogens is 719 g/mol. The summed E-state index contributed by atoms with van der Waals surface area (Å²) < 4.78 is 78.4. The van der Waals surface area contributed by atoms with Gasteiger partial charge in [0.15, 0.2) is 5.82 Å². The fourth-order valence-corrected chi connectivity index (χ4v) is 8.18. The van der Waals surface area contributed by atoms with Crippen LogP contribution in [0.2, 0.25) is 0 Å². The summed E-state index contributed by atoms with van der Waals surface area (Å²) in [6, 6.07) is 0.334. The first kappa shape index (κ1) is 37.7. The summed E-state index contributed by atoms with van der Waals surface area (Å²) in [4.78, 5) is 52.7. The number of hydrogen-bond acceptors (Lipinski definition) is 9. The van der Waals surface area contributed by atoms with Crippen molar-refractivity contribution in [2.24, 2.45) is 17.8 Å². The van der Waals surface area contributed by atoms with E-state index in [1.807, 2.05) is 11.8 Å². The highest BCUT2D eigenvalue weighted by Gasteiger charge is 2.50. The molecule has 14 nitrogen and oxygen atoms in total. The van der Waals surface area contributed by atoms with Crippen molar-refractivity contribution in [3.8, 4) is 0 Å². The predicted octanol–water partition coefficient (Wildman–Crippen LogP) is 4.69. The Hall–Kier alpha value is -4.58. The molecule has 2 N–H and O–H groups in total. The van der Waals surface area contributed by atoms with Crippen LogP contribution in [0.1, 0.15) is 94.1 Å². The zero-order chi connectivity index (χ0) is 38.7. The average Bonchev–Trinajstić information content (AvgIpc) is 3.73. The van der Waals surface area contributed by atoms with Gasteiger partial charge in [-0.05, 0) is 65.4 Å². The van der Waals surface area contributed by atoms with E-state index in [9.17, 15) is 36.3 Å². The third-order valence-corrected chi connectivity index (χ3v) is 10.9. The van der Waals surface area contributed by atoms with Crippen LogP contribution in [0.4, 0.5) is 32.6 Å². The monoisotopic (exact) mass is 764 g/mol. The number of anilines is 1. The number of amides is 3. The Labute approximate surface area is 308 Å². The Balaban J connectivity index is 1.23. The van der Waals surface area contributed by atoms with Crippen molar-refractivity contribution in [2.45, 2.75) is 115 Å². The second kappa shape index (κ2) is 13.9. The number of alkyl halides is 5. The molecule has 3 aromatic rings. The molecule has 5 fully saturated rings. The molecule has 0 aromatic carbocycles. The largest absolute Gasteiger partial charge is 0.444 e. The van der Waals surface area contributed by atoms with Crippen molar-refractivity contribution in [3.05, 3.63) is 35.5 Å². The maximum Gasteiger partial charge on any atom is 0.410 e. The number of halogens is 5. The zero-order valence-corrected chi connectivity index (χ0v) is 30.6. The fourth-order valence-electron chi connectivity index (χ4n) is 8.18. The highest BCUT2D eigenvalue weighted by Crippen LogP contribution is 2.42. The molecule has 2 unspecified atom stereocenters. The number of hydrogen-bond donors (Lipinski definition) is 2. The maximum absolute atomic E-state index is 14.3. The summed E-state index contributed by atoms with van der Waals surface area (Å²) in [5.74, 6) is -6.51. The number of carbonyl (C=O) groups excluding carboxylic acids is 3. The number of piperazine rings is 1. The van der Waals surface area contributed by atoms with Gasteiger partial charge in [-0.3, -0.25) is 19.2 Å². The molecule has 3 aromatic heterocycles. The summed E-state index contributed by atoms with van der Waals surface area (Å²) >= 11 is 0. The van der Waals surface area contributed by atoms with E-state index in [1.54, 1.807) is 37.9 Å².